The summed E-state index contributed by atoms with van der Waals surface area (Å²) in [6.45, 7) is 2.05. The van der Waals surface area contributed by atoms with Crippen LogP contribution in [0.1, 0.15) is 47.2 Å². The molecule has 2 atom stereocenters. The molecule has 3 nitrogen and oxygen atoms in total. The number of benzene rings is 2. The van der Waals surface area contributed by atoms with Crippen molar-refractivity contribution in [3.05, 3.63) is 65.2 Å². The summed E-state index contributed by atoms with van der Waals surface area (Å²) in [4.78, 5) is 27.1. The molecule has 4 heteroatoms. The molecule has 1 amide bonds. The van der Waals surface area contributed by atoms with Crippen molar-refractivity contribution < 1.29 is 9.59 Å². The summed E-state index contributed by atoms with van der Waals surface area (Å²) in [5.41, 5.74) is 7.60. The zero-order valence-corrected chi connectivity index (χ0v) is 15.1. The first-order chi connectivity index (χ1) is 12.0. The van der Waals surface area contributed by atoms with Gasteiger partial charge in [0.05, 0.1) is 4.75 Å². The van der Waals surface area contributed by atoms with E-state index in [0.717, 1.165) is 29.7 Å². The van der Waals surface area contributed by atoms with Crippen LogP contribution in [0.4, 0.5) is 0 Å². The van der Waals surface area contributed by atoms with Crippen molar-refractivity contribution >= 4 is 23.5 Å². The van der Waals surface area contributed by atoms with E-state index in [1.807, 2.05) is 24.3 Å². The standard InChI is InChI=1S/C21H21NO2S/c1-14-8-10-15(11-9-14)25-21-13-5-4-12-20(21,19(22)24)18(23)16-6-2-3-7-17(16)21/h2-3,6-11H,4-5,12-13H2,1H3,(H2,22,24). The lowest BCUT2D eigenvalue weighted by Crippen LogP contribution is -2.54. The van der Waals surface area contributed by atoms with Gasteiger partial charge in [0.1, 0.15) is 5.41 Å². The molecule has 0 radical (unpaired) electrons. The predicted molar refractivity (Wildman–Crippen MR) is 99.6 cm³/mol. The molecule has 2 aromatic carbocycles. The lowest BCUT2D eigenvalue weighted by molar-refractivity contribution is -0.128. The zero-order valence-electron chi connectivity index (χ0n) is 14.2. The molecule has 1 fully saturated rings. The summed E-state index contributed by atoms with van der Waals surface area (Å²) in [6, 6.07) is 15.9. The number of nitrogens with two attached hydrogens (primary N) is 1. The van der Waals surface area contributed by atoms with Gasteiger partial charge >= 0.3 is 0 Å². The first kappa shape index (κ1) is 16.4. The Hall–Kier alpha value is -2.07. The fourth-order valence-electron chi connectivity index (χ4n) is 4.54. The second kappa shape index (κ2) is 5.73. The molecule has 0 bridgehead atoms. The Balaban J connectivity index is 1.94. The van der Waals surface area contributed by atoms with Gasteiger partial charge in [-0.3, -0.25) is 9.59 Å². The third-order valence-corrected chi connectivity index (χ3v) is 7.38. The Labute approximate surface area is 152 Å². The Kier molecular flexibility index (Phi) is 3.76. The van der Waals surface area contributed by atoms with E-state index < -0.39 is 16.1 Å². The van der Waals surface area contributed by atoms with Gasteiger partial charge in [0, 0.05) is 10.5 Å². The van der Waals surface area contributed by atoms with E-state index >= 15 is 0 Å². The number of aryl methyl sites for hydroxylation is 1. The highest BCUT2D eigenvalue weighted by molar-refractivity contribution is 8.00. The fraction of sp³-hybridized carbons (Fsp3) is 0.333. The van der Waals surface area contributed by atoms with Crippen molar-refractivity contribution in [2.24, 2.45) is 11.1 Å². The molecule has 0 heterocycles. The number of carbonyl (C=O) groups is 2. The first-order valence-electron chi connectivity index (χ1n) is 8.71. The molecule has 0 aromatic heterocycles. The van der Waals surface area contributed by atoms with E-state index in [9.17, 15) is 9.59 Å². The van der Waals surface area contributed by atoms with Gasteiger partial charge in [-0.2, -0.15) is 0 Å². The van der Waals surface area contributed by atoms with E-state index in [4.69, 9.17) is 5.73 Å². The zero-order chi connectivity index (χ0) is 17.7. The number of ketones is 1. The monoisotopic (exact) mass is 351 g/mol. The summed E-state index contributed by atoms with van der Waals surface area (Å²) < 4.78 is -0.597. The summed E-state index contributed by atoms with van der Waals surface area (Å²) in [5, 5.41) is 0. The highest BCUT2D eigenvalue weighted by atomic mass is 32.2. The molecule has 1 saturated carbocycles. The van der Waals surface area contributed by atoms with Crippen molar-refractivity contribution in [2.45, 2.75) is 42.2 Å². The summed E-state index contributed by atoms with van der Waals surface area (Å²) in [5.74, 6) is -0.567. The molecule has 2 aromatic rings. The van der Waals surface area contributed by atoms with Crippen molar-refractivity contribution in [1.29, 1.82) is 0 Å². The Morgan fingerprint density at radius 1 is 1.04 bits per heavy atom. The minimum absolute atomic E-state index is 0.0880. The lowest BCUT2D eigenvalue weighted by atomic mass is 9.65. The second-order valence-corrected chi connectivity index (χ2v) is 8.47. The summed E-state index contributed by atoms with van der Waals surface area (Å²) >= 11 is 1.64. The number of primary amides is 1. The molecule has 2 aliphatic carbocycles. The highest BCUT2D eigenvalue weighted by Crippen LogP contribution is 2.66. The van der Waals surface area contributed by atoms with E-state index in [0.29, 0.717) is 12.0 Å². The summed E-state index contributed by atoms with van der Waals surface area (Å²) in [7, 11) is 0. The third-order valence-electron chi connectivity index (χ3n) is 5.75. The molecular formula is C21H21NO2S. The Morgan fingerprint density at radius 2 is 1.72 bits per heavy atom. The molecule has 2 N–H and O–H groups in total. The first-order valence-corrected chi connectivity index (χ1v) is 9.53. The van der Waals surface area contributed by atoms with Crippen LogP contribution in [-0.2, 0) is 9.54 Å². The van der Waals surface area contributed by atoms with Crippen LogP contribution in [0.25, 0.3) is 0 Å². The summed E-state index contributed by atoms with van der Waals surface area (Å²) in [6.07, 6.45) is 3.18. The molecule has 0 aliphatic heterocycles. The van der Waals surface area contributed by atoms with Gasteiger partial charge < -0.3 is 5.73 Å². The van der Waals surface area contributed by atoms with Crippen molar-refractivity contribution in [3.8, 4) is 0 Å². The number of rotatable bonds is 3. The largest absolute Gasteiger partial charge is 0.369 e. The van der Waals surface area contributed by atoms with E-state index in [2.05, 4.69) is 31.2 Å². The van der Waals surface area contributed by atoms with Gasteiger partial charge in [-0.25, -0.2) is 0 Å². The normalized spacial score (nSPS) is 27.6. The highest BCUT2D eigenvalue weighted by Gasteiger charge is 2.67. The van der Waals surface area contributed by atoms with Crippen LogP contribution >= 0.6 is 11.8 Å². The van der Waals surface area contributed by atoms with Crippen LogP contribution in [0.2, 0.25) is 0 Å². The molecule has 0 saturated heterocycles. The van der Waals surface area contributed by atoms with Crippen LogP contribution < -0.4 is 5.73 Å². The molecule has 25 heavy (non-hydrogen) atoms. The van der Waals surface area contributed by atoms with Crippen LogP contribution in [0.5, 0.6) is 0 Å². The molecule has 4 rings (SSSR count). The maximum Gasteiger partial charge on any atom is 0.233 e. The predicted octanol–water partition coefficient (Wildman–Crippen LogP) is 4.22. The maximum atomic E-state index is 13.3. The van der Waals surface area contributed by atoms with E-state index in [-0.39, 0.29) is 5.78 Å². The number of fused-ring (bicyclic) bond motifs is 3. The minimum atomic E-state index is -1.13. The Morgan fingerprint density at radius 3 is 2.44 bits per heavy atom. The Bertz CT molecular complexity index is 860. The average Bonchev–Trinajstić information content (AvgIpc) is 2.85. The van der Waals surface area contributed by atoms with Crippen molar-refractivity contribution in [2.75, 3.05) is 0 Å². The van der Waals surface area contributed by atoms with Gasteiger partial charge in [0.25, 0.3) is 0 Å². The lowest BCUT2D eigenvalue weighted by Gasteiger charge is -2.46. The maximum absolute atomic E-state index is 13.3. The number of carbonyl (C=O) groups excluding carboxylic acids is 2. The van der Waals surface area contributed by atoms with Gasteiger partial charge in [0.2, 0.25) is 5.91 Å². The topological polar surface area (TPSA) is 60.2 Å². The van der Waals surface area contributed by atoms with Crippen molar-refractivity contribution in [3.63, 3.8) is 0 Å². The SMILES string of the molecule is Cc1ccc(SC23CCCCC2(C(N)=O)C(=O)c2ccccc23)cc1. The van der Waals surface area contributed by atoms with E-state index in [1.165, 1.54) is 5.56 Å². The number of thioether (sulfide) groups is 1. The van der Waals surface area contributed by atoms with Crippen LogP contribution in [0.15, 0.2) is 53.4 Å². The quantitative estimate of drug-likeness (QED) is 0.842. The molecule has 128 valence electrons. The van der Waals surface area contributed by atoms with Crippen LogP contribution in [0.3, 0.4) is 0 Å². The van der Waals surface area contributed by atoms with Gasteiger partial charge in [-0.1, -0.05) is 54.8 Å². The molecule has 2 unspecified atom stereocenters. The van der Waals surface area contributed by atoms with E-state index in [1.54, 1.807) is 11.8 Å². The second-order valence-electron chi connectivity index (χ2n) is 7.09. The molecule has 2 aliphatic rings. The number of amides is 1. The van der Waals surface area contributed by atoms with Crippen LogP contribution in [0, 0.1) is 12.3 Å². The number of hydrogen-bond donors (Lipinski definition) is 1. The van der Waals surface area contributed by atoms with Gasteiger partial charge in [-0.05, 0) is 37.5 Å². The smallest absolute Gasteiger partial charge is 0.233 e. The number of Topliss-reactive ketones (excluding diaryl/α,β-unsaturated/α-hetero) is 1. The van der Waals surface area contributed by atoms with Crippen molar-refractivity contribution in [1.82, 2.24) is 0 Å². The fourth-order valence-corrected chi connectivity index (χ4v) is 6.22. The number of hydrogen-bond acceptors (Lipinski definition) is 3. The minimum Gasteiger partial charge on any atom is -0.369 e. The third kappa shape index (κ3) is 2.13. The average molecular weight is 351 g/mol. The van der Waals surface area contributed by atoms with Gasteiger partial charge in [-0.15, -0.1) is 11.8 Å². The van der Waals surface area contributed by atoms with Crippen LogP contribution in [-0.4, -0.2) is 11.7 Å². The molecule has 0 spiro atoms. The van der Waals surface area contributed by atoms with Gasteiger partial charge in [0.15, 0.2) is 5.78 Å². The molecular weight excluding hydrogens is 330 g/mol.